The fourth-order valence-electron chi connectivity index (χ4n) is 1.78. The number of hydrogen-bond acceptors (Lipinski definition) is 3. The molecular formula is C15H23N3OS. The van der Waals surface area contributed by atoms with Gasteiger partial charge in [0.15, 0.2) is 0 Å². The first kappa shape index (κ1) is 16.4. The second-order valence-electron chi connectivity index (χ2n) is 4.97. The molecule has 0 aliphatic rings. The van der Waals surface area contributed by atoms with Gasteiger partial charge in [-0.25, -0.2) is 0 Å². The van der Waals surface area contributed by atoms with E-state index in [2.05, 4.69) is 10.6 Å². The summed E-state index contributed by atoms with van der Waals surface area (Å²) in [5, 5.41) is 6.15. The highest BCUT2D eigenvalue weighted by molar-refractivity contribution is 7.80. The SMILES string of the molecule is CCC(C)NC(=O)CCNc1ccc(C)cc1C(N)=S. The Bertz CT molecular complexity index is 488. The molecule has 20 heavy (non-hydrogen) atoms. The van der Waals surface area contributed by atoms with Crippen LogP contribution in [-0.4, -0.2) is 23.5 Å². The topological polar surface area (TPSA) is 67.2 Å². The summed E-state index contributed by atoms with van der Waals surface area (Å²) in [6.45, 7) is 6.59. The smallest absolute Gasteiger partial charge is 0.221 e. The summed E-state index contributed by atoms with van der Waals surface area (Å²) in [6.07, 6.45) is 1.36. The van der Waals surface area contributed by atoms with Crippen molar-refractivity contribution in [1.82, 2.24) is 5.32 Å². The van der Waals surface area contributed by atoms with Crippen LogP contribution in [0.2, 0.25) is 0 Å². The standard InChI is InChI=1S/C15H23N3OS/c1-4-11(3)18-14(19)7-8-17-13-6-5-10(2)9-12(13)15(16)20/h5-6,9,11,17H,4,7-8H2,1-3H3,(H2,16,20)(H,18,19). The Morgan fingerprint density at radius 3 is 2.75 bits per heavy atom. The summed E-state index contributed by atoms with van der Waals surface area (Å²) in [5.41, 5.74) is 8.51. The van der Waals surface area contributed by atoms with Gasteiger partial charge in [-0.1, -0.05) is 30.8 Å². The Morgan fingerprint density at radius 2 is 2.15 bits per heavy atom. The second-order valence-corrected chi connectivity index (χ2v) is 5.41. The molecule has 110 valence electrons. The van der Waals surface area contributed by atoms with Crippen LogP contribution < -0.4 is 16.4 Å². The number of carbonyl (C=O) groups is 1. The molecule has 1 unspecified atom stereocenters. The van der Waals surface area contributed by atoms with Crippen LogP contribution in [0.5, 0.6) is 0 Å². The third-order valence-electron chi connectivity index (χ3n) is 3.13. The first-order valence-corrected chi connectivity index (χ1v) is 7.28. The van der Waals surface area contributed by atoms with Gasteiger partial charge >= 0.3 is 0 Å². The van der Waals surface area contributed by atoms with Crippen LogP contribution in [0.1, 0.15) is 37.8 Å². The zero-order chi connectivity index (χ0) is 15.1. The van der Waals surface area contributed by atoms with Gasteiger partial charge in [0.2, 0.25) is 5.91 Å². The number of anilines is 1. The predicted octanol–water partition coefficient (Wildman–Crippen LogP) is 2.35. The molecule has 0 saturated heterocycles. The number of amides is 1. The van der Waals surface area contributed by atoms with E-state index in [0.29, 0.717) is 18.0 Å². The number of nitrogens with two attached hydrogens (primary N) is 1. The zero-order valence-corrected chi connectivity index (χ0v) is 13.1. The van der Waals surface area contributed by atoms with Crippen molar-refractivity contribution in [3.63, 3.8) is 0 Å². The van der Waals surface area contributed by atoms with Crippen LogP contribution in [0.3, 0.4) is 0 Å². The average Bonchev–Trinajstić information content (AvgIpc) is 2.39. The monoisotopic (exact) mass is 293 g/mol. The van der Waals surface area contributed by atoms with Crippen molar-refractivity contribution >= 4 is 28.8 Å². The molecule has 4 nitrogen and oxygen atoms in total. The quantitative estimate of drug-likeness (QED) is 0.675. The van der Waals surface area contributed by atoms with Gasteiger partial charge in [0.25, 0.3) is 0 Å². The molecule has 0 fully saturated rings. The number of thiocarbonyl (C=S) groups is 1. The molecule has 0 radical (unpaired) electrons. The first-order chi connectivity index (χ1) is 9.43. The highest BCUT2D eigenvalue weighted by atomic mass is 32.1. The fraction of sp³-hybridized carbons (Fsp3) is 0.467. The van der Waals surface area contributed by atoms with Crippen LogP contribution in [0.4, 0.5) is 5.69 Å². The molecule has 4 N–H and O–H groups in total. The lowest BCUT2D eigenvalue weighted by Gasteiger charge is -2.14. The Labute approximate surface area is 126 Å². The summed E-state index contributed by atoms with van der Waals surface area (Å²) < 4.78 is 0. The summed E-state index contributed by atoms with van der Waals surface area (Å²) in [7, 11) is 0. The Hall–Kier alpha value is -1.62. The minimum absolute atomic E-state index is 0.0517. The van der Waals surface area contributed by atoms with Gasteiger partial charge in [0, 0.05) is 30.3 Å². The predicted molar refractivity (Wildman–Crippen MR) is 88.1 cm³/mol. The van der Waals surface area contributed by atoms with E-state index in [0.717, 1.165) is 23.2 Å². The van der Waals surface area contributed by atoms with Gasteiger partial charge in [-0.2, -0.15) is 0 Å². The van der Waals surface area contributed by atoms with Crippen molar-refractivity contribution in [3.8, 4) is 0 Å². The molecule has 1 rings (SSSR count). The highest BCUT2D eigenvalue weighted by Gasteiger charge is 2.07. The van der Waals surface area contributed by atoms with Gasteiger partial charge in [0.1, 0.15) is 4.99 Å². The lowest BCUT2D eigenvalue weighted by Crippen LogP contribution is -2.33. The third kappa shape index (κ3) is 5.17. The van der Waals surface area contributed by atoms with E-state index < -0.39 is 0 Å². The van der Waals surface area contributed by atoms with Crippen molar-refractivity contribution in [2.45, 2.75) is 39.7 Å². The van der Waals surface area contributed by atoms with E-state index in [4.69, 9.17) is 18.0 Å². The maximum absolute atomic E-state index is 11.7. The molecular weight excluding hydrogens is 270 g/mol. The van der Waals surface area contributed by atoms with E-state index in [1.54, 1.807) is 0 Å². The normalized spacial score (nSPS) is 11.8. The third-order valence-corrected chi connectivity index (χ3v) is 3.35. The van der Waals surface area contributed by atoms with Crippen LogP contribution in [0.15, 0.2) is 18.2 Å². The van der Waals surface area contributed by atoms with Gasteiger partial charge < -0.3 is 16.4 Å². The van der Waals surface area contributed by atoms with Crippen molar-refractivity contribution in [1.29, 1.82) is 0 Å². The molecule has 0 aliphatic carbocycles. The Kier molecular flexibility index (Phi) is 6.45. The molecule has 0 heterocycles. The van der Waals surface area contributed by atoms with Crippen molar-refractivity contribution < 1.29 is 4.79 Å². The number of rotatable bonds is 7. The molecule has 1 aromatic rings. The maximum atomic E-state index is 11.7. The Balaban J connectivity index is 2.54. The first-order valence-electron chi connectivity index (χ1n) is 6.87. The minimum atomic E-state index is 0.0517. The summed E-state index contributed by atoms with van der Waals surface area (Å²) >= 11 is 5.04. The van der Waals surface area contributed by atoms with E-state index in [9.17, 15) is 4.79 Å². The Morgan fingerprint density at radius 1 is 1.45 bits per heavy atom. The number of nitrogens with one attached hydrogen (secondary N) is 2. The van der Waals surface area contributed by atoms with Crippen LogP contribution in [-0.2, 0) is 4.79 Å². The molecule has 0 aromatic heterocycles. The number of hydrogen-bond donors (Lipinski definition) is 3. The summed E-state index contributed by atoms with van der Waals surface area (Å²) in [4.78, 5) is 12.0. The molecule has 0 aliphatic heterocycles. The molecule has 0 spiro atoms. The number of carbonyl (C=O) groups excluding carboxylic acids is 1. The van der Waals surface area contributed by atoms with Gasteiger partial charge in [0.05, 0.1) is 0 Å². The van der Waals surface area contributed by atoms with Crippen molar-refractivity contribution in [3.05, 3.63) is 29.3 Å². The highest BCUT2D eigenvalue weighted by Crippen LogP contribution is 2.17. The minimum Gasteiger partial charge on any atom is -0.389 e. The maximum Gasteiger partial charge on any atom is 0.221 e. The number of aryl methyl sites for hydroxylation is 1. The van der Waals surface area contributed by atoms with Crippen molar-refractivity contribution in [2.24, 2.45) is 5.73 Å². The largest absolute Gasteiger partial charge is 0.389 e. The molecule has 1 aromatic carbocycles. The van der Waals surface area contributed by atoms with Crippen molar-refractivity contribution in [2.75, 3.05) is 11.9 Å². The molecule has 0 bridgehead atoms. The lowest BCUT2D eigenvalue weighted by molar-refractivity contribution is -0.121. The summed E-state index contributed by atoms with van der Waals surface area (Å²) in [6, 6.07) is 6.10. The fourth-order valence-corrected chi connectivity index (χ4v) is 1.94. The van der Waals surface area contributed by atoms with Gasteiger partial charge in [-0.05, 0) is 32.4 Å². The molecule has 5 heteroatoms. The van der Waals surface area contributed by atoms with E-state index in [1.165, 1.54) is 0 Å². The van der Waals surface area contributed by atoms with Gasteiger partial charge in [-0.15, -0.1) is 0 Å². The van der Waals surface area contributed by atoms with Crippen LogP contribution in [0.25, 0.3) is 0 Å². The molecule has 1 atom stereocenters. The molecule has 0 saturated carbocycles. The van der Waals surface area contributed by atoms with Crippen LogP contribution >= 0.6 is 12.2 Å². The van der Waals surface area contributed by atoms with Crippen LogP contribution in [0, 0.1) is 6.92 Å². The molecule has 1 amide bonds. The second kappa shape index (κ2) is 7.85. The van der Waals surface area contributed by atoms with Gasteiger partial charge in [-0.3, -0.25) is 4.79 Å². The summed E-state index contributed by atoms with van der Waals surface area (Å²) in [5.74, 6) is 0.0517. The lowest BCUT2D eigenvalue weighted by atomic mass is 10.1. The zero-order valence-electron chi connectivity index (χ0n) is 12.3. The van der Waals surface area contributed by atoms with E-state index in [1.807, 2.05) is 39.0 Å². The average molecular weight is 293 g/mol. The number of benzene rings is 1. The van der Waals surface area contributed by atoms with E-state index >= 15 is 0 Å². The van der Waals surface area contributed by atoms with E-state index in [-0.39, 0.29) is 11.9 Å².